The zero-order chi connectivity index (χ0) is 18.6. The predicted octanol–water partition coefficient (Wildman–Crippen LogP) is 3.17. The van der Waals surface area contributed by atoms with Crippen molar-refractivity contribution in [3.05, 3.63) is 24.2 Å². The number of carbonyl (C=O) groups is 1. The summed E-state index contributed by atoms with van der Waals surface area (Å²) in [5.41, 5.74) is 0. The number of fused-ring (bicyclic) bond motifs is 2. The fourth-order valence-electron chi connectivity index (χ4n) is 4.98. The number of carbonyl (C=O) groups excluding carboxylic acids is 1. The van der Waals surface area contributed by atoms with E-state index in [1.54, 1.807) is 6.26 Å². The van der Waals surface area contributed by atoms with Crippen molar-refractivity contribution < 1.29 is 9.21 Å². The molecule has 4 unspecified atom stereocenters. The molecule has 2 heterocycles. The first-order chi connectivity index (χ1) is 13.2. The lowest BCUT2D eigenvalue weighted by atomic mass is 9.95. The number of furan rings is 1. The Morgan fingerprint density at radius 1 is 1.29 bits per heavy atom. The number of nitrogens with one attached hydrogen (secondary N) is 2. The number of aliphatic imine (C=N–C) groups is 1. The molecule has 3 fully saturated rings. The highest BCUT2D eigenvalue weighted by atomic mass is 127. The number of guanidine groups is 1. The van der Waals surface area contributed by atoms with Gasteiger partial charge in [0.15, 0.2) is 5.96 Å². The monoisotopic (exact) mass is 500 g/mol. The lowest BCUT2D eigenvalue weighted by molar-refractivity contribution is -0.129. The van der Waals surface area contributed by atoms with Crippen molar-refractivity contribution in [3.63, 3.8) is 0 Å². The SMILES string of the molecule is CCC(=O)N1CCC(NC(=NCCc2ccco2)NC2CC3CCC2C3)C1.I. The van der Waals surface area contributed by atoms with Crippen LogP contribution in [-0.4, -0.2) is 48.5 Å². The fourth-order valence-corrected chi connectivity index (χ4v) is 4.98. The maximum atomic E-state index is 12.0. The molecule has 2 N–H and O–H groups in total. The molecular weight excluding hydrogens is 467 g/mol. The maximum absolute atomic E-state index is 12.0. The van der Waals surface area contributed by atoms with Crippen LogP contribution in [0.25, 0.3) is 0 Å². The second-order valence-electron chi connectivity index (χ2n) is 8.31. The van der Waals surface area contributed by atoms with Gasteiger partial charge in [-0.25, -0.2) is 0 Å². The van der Waals surface area contributed by atoms with Crippen molar-refractivity contribution in [3.8, 4) is 0 Å². The molecule has 7 heteroatoms. The molecule has 0 aromatic carbocycles. The van der Waals surface area contributed by atoms with E-state index >= 15 is 0 Å². The van der Waals surface area contributed by atoms with Crippen LogP contribution in [0.5, 0.6) is 0 Å². The van der Waals surface area contributed by atoms with E-state index in [1.807, 2.05) is 24.0 Å². The summed E-state index contributed by atoms with van der Waals surface area (Å²) < 4.78 is 5.42. The third-order valence-electron chi connectivity index (χ3n) is 6.45. The molecule has 3 aliphatic rings. The Bertz CT molecular complexity index is 663. The summed E-state index contributed by atoms with van der Waals surface area (Å²) in [6.07, 6.45) is 9.49. The highest BCUT2D eigenvalue weighted by molar-refractivity contribution is 14.0. The van der Waals surface area contributed by atoms with Crippen LogP contribution < -0.4 is 10.6 Å². The van der Waals surface area contributed by atoms with Gasteiger partial charge >= 0.3 is 0 Å². The minimum atomic E-state index is 0. The van der Waals surface area contributed by atoms with Crippen molar-refractivity contribution in [2.75, 3.05) is 19.6 Å². The van der Waals surface area contributed by atoms with Gasteiger partial charge in [-0.15, -0.1) is 24.0 Å². The van der Waals surface area contributed by atoms with Gasteiger partial charge in [0.05, 0.1) is 6.26 Å². The van der Waals surface area contributed by atoms with Crippen LogP contribution in [0.4, 0.5) is 0 Å². The van der Waals surface area contributed by atoms with E-state index in [4.69, 9.17) is 9.41 Å². The summed E-state index contributed by atoms with van der Waals surface area (Å²) >= 11 is 0. The van der Waals surface area contributed by atoms with Crippen molar-refractivity contribution >= 4 is 35.8 Å². The van der Waals surface area contributed by atoms with Gasteiger partial charge in [0.25, 0.3) is 0 Å². The fraction of sp³-hybridized carbons (Fsp3) is 0.714. The zero-order valence-electron chi connectivity index (χ0n) is 16.7. The summed E-state index contributed by atoms with van der Waals surface area (Å²) in [5, 5.41) is 7.32. The van der Waals surface area contributed by atoms with Crippen LogP contribution in [0.1, 0.15) is 51.2 Å². The average molecular weight is 500 g/mol. The molecule has 2 bridgehead atoms. The third-order valence-corrected chi connectivity index (χ3v) is 6.45. The number of nitrogens with zero attached hydrogens (tertiary/aromatic N) is 2. The topological polar surface area (TPSA) is 69.9 Å². The van der Waals surface area contributed by atoms with Crippen LogP contribution in [0.15, 0.2) is 27.8 Å². The molecule has 0 spiro atoms. The van der Waals surface area contributed by atoms with Gasteiger partial charge in [-0.1, -0.05) is 13.3 Å². The van der Waals surface area contributed by atoms with Crippen molar-refractivity contribution in [2.24, 2.45) is 16.8 Å². The molecule has 156 valence electrons. The largest absolute Gasteiger partial charge is 0.469 e. The Morgan fingerprint density at radius 2 is 2.18 bits per heavy atom. The Kier molecular flexibility index (Phi) is 7.65. The van der Waals surface area contributed by atoms with E-state index in [1.165, 1.54) is 25.7 Å². The molecule has 2 aliphatic carbocycles. The van der Waals surface area contributed by atoms with Crippen LogP contribution in [0, 0.1) is 11.8 Å². The molecule has 1 aromatic heterocycles. The summed E-state index contributed by atoms with van der Waals surface area (Å²) in [6.45, 7) is 4.26. The van der Waals surface area contributed by atoms with E-state index in [9.17, 15) is 4.79 Å². The lowest BCUT2D eigenvalue weighted by Crippen LogP contribution is -2.50. The molecular formula is C21H33IN4O2. The van der Waals surface area contributed by atoms with E-state index in [2.05, 4.69) is 10.6 Å². The minimum absolute atomic E-state index is 0. The number of amides is 1. The molecule has 28 heavy (non-hydrogen) atoms. The Hall–Kier alpha value is -1.25. The van der Waals surface area contributed by atoms with Gasteiger partial charge in [0.1, 0.15) is 5.76 Å². The van der Waals surface area contributed by atoms with Crippen LogP contribution >= 0.6 is 24.0 Å². The molecule has 6 nitrogen and oxygen atoms in total. The quantitative estimate of drug-likeness (QED) is 0.358. The van der Waals surface area contributed by atoms with E-state index in [0.29, 0.717) is 19.0 Å². The molecule has 2 saturated carbocycles. The third kappa shape index (κ3) is 5.21. The first-order valence-electron chi connectivity index (χ1n) is 10.6. The Balaban J connectivity index is 0.00000225. The smallest absolute Gasteiger partial charge is 0.222 e. The summed E-state index contributed by atoms with van der Waals surface area (Å²) in [5.74, 6) is 3.83. The van der Waals surface area contributed by atoms with Gasteiger partial charge in [-0.2, -0.15) is 0 Å². The molecule has 4 atom stereocenters. The molecule has 0 radical (unpaired) electrons. The molecule has 1 amide bonds. The highest BCUT2D eigenvalue weighted by Gasteiger charge is 2.40. The van der Waals surface area contributed by atoms with Crippen LogP contribution in [0.2, 0.25) is 0 Å². The Labute approximate surface area is 184 Å². The Morgan fingerprint density at radius 3 is 2.86 bits per heavy atom. The van der Waals surface area contributed by atoms with Crippen LogP contribution in [-0.2, 0) is 11.2 Å². The average Bonchev–Trinajstić information content (AvgIpc) is 3.45. The first-order valence-corrected chi connectivity index (χ1v) is 10.6. The lowest BCUT2D eigenvalue weighted by Gasteiger charge is -2.27. The van der Waals surface area contributed by atoms with Gasteiger partial charge < -0.3 is 20.0 Å². The summed E-state index contributed by atoms with van der Waals surface area (Å²) in [4.78, 5) is 18.8. The van der Waals surface area contributed by atoms with E-state index in [-0.39, 0.29) is 35.9 Å². The normalized spacial score (nSPS) is 29.0. The second kappa shape index (κ2) is 9.98. The second-order valence-corrected chi connectivity index (χ2v) is 8.31. The number of hydrogen-bond donors (Lipinski definition) is 2. The number of hydrogen-bond acceptors (Lipinski definition) is 3. The maximum Gasteiger partial charge on any atom is 0.222 e. The van der Waals surface area contributed by atoms with Crippen molar-refractivity contribution in [2.45, 2.75) is 64.0 Å². The van der Waals surface area contributed by atoms with Gasteiger partial charge in [-0.3, -0.25) is 9.79 Å². The highest BCUT2D eigenvalue weighted by Crippen LogP contribution is 2.44. The molecule has 4 rings (SSSR count). The zero-order valence-corrected chi connectivity index (χ0v) is 19.1. The van der Waals surface area contributed by atoms with Gasteiger partial charge in [0.2, 0.25) is 5.91 Å². The number of rotatable bonds is 6. The van der Waals surface area contributed by atoms with Gasteiger partial charge in [0, 0.05) is 44.6 Å². The summed E-state index contributed by atoms with van der Waals surface area (Å²) in [7, 11) is 0. The molecule has 1 saturated heterocycles. The molecule has 1 aliphatic heterocycles. The predicted molar refractivity (Wildman–Crippen MR) is 121 cm³/mol. The van der Waals surface area contributed by atoms with Crippen molar-refractivity contribution in [1.82, 2.24) is 15.5 Å². The van der Waals surface area contributed by atoms with E-state index < -0.39 is 0 Å². The number of halogens is 1. The molecule has 1 aromatic rings. The first kappa shape index (κ1) is 21.5. The standard InChI is InChI=1S/C21H32N4O2.HI/c1-2-20(26)25-10-8-17(14-25)23-21(22-9-7-18-4-3-11-27-18)24-19-13-15-5-6-16(19)12-15;/h3-4,11,15-17,19H,2,5-10,12-14H2,1H3,(H2,22,23,24);1H. The summed E-state index contributed by atoms with van der Waals surface area (Å²) in [6, 6.07) is 4.75. The number of likely N-dealkylation sites (tertiary alicyclic amines) is 1. The van der Waals surface area contributed by atoms with Crippen LogP contribution in [0.3, 0.4) is 0 Å². The van der Waals surface area contributed by atoms with Crippen molar-refractivity contribution in [1.29, 1.82) is 0 Å². The van der Waals surface area contributed by atoms with Gasteiger partial charge in [-0.05, 0) is 49.7 Å². The minimum Gasteiger partial charge on any atom is -0.469 e. The van der Waals surface area contributed by atoms with E-state index in [0.717, 1.165) is 49.5 Å².